The van der Waals surface area contributed by atoms with Gasteiger partial charge in [0.25, 0.3) is 0 Å². The van der Waals surface area contributed by atoms with Crippen molar-refractivity contribution in [3.8, 4) is 0 Å². The molecule has 0 bridgehead atoms. The zero-order valence-electron chi connectivity index (χ0n) is 5.74. The molecule has 4 radical (unpaired) electrons. The van der Waals surface area contributed by atoms with E-state index in [1.54, 1.807) is 12.1 Å². The molecule has 0 atom stereocenters. The van der Waals surface area contributed by atoms with Gasteiger partial charge in [0, 0.05) is 12.4 Å². The second-order valence-corrected chi connectivity index (χ2v) is 2.28. The molecule has 2 nitrogen and oxygen atoms in total. The first kappa shape index (κ1) is 8.27. The third-order valence-corrected chi connectivity index (χ3v) is 1.56. The quantitative estimate of drug-likeness (QED) is 0.429. The highest BCUT2D eigenvalue weighted by Crippen LogP contribution is 2.14. The summed E-state index contributed by atoms with van der Waals surface area (Å²) < 4.78 is 3.48. The molecule has 0 saturated heterocycles. The highest BCUT2D eigenvalue weighted by Gasteiger charge is 2.02. The van der Waals surface area contributed by atoms with Crippen molar-refractivity contribution in [2.45, 2.75) is 0 Å². The van der Waals surface area contributed by atoms with Gasteiger partial charge >= 0.3 is 0 Å². The lowest BCUT2D eigenvalue weighted by atomic mass is 9.86. The standard InChI is InChI=1S/C6H4B2N2S/c7-3-1-2-4(8)6(10-11)5(3)9/h1-2H,9H2. The lowest BCUT2D eigenvalue weighted by molar-refractivity contribution is 1.63. The van der Waals surface area contributed by atoms with Crippen LogP contribution in [0.4, 0.5) is 11.4 Å². The van der Waals surface area contributed by atoms with Gasteiger partial charge in [-0.05, 0) is 0 Å². The van der Waals surface area contributed by atoms with Crippen LogP contribution >= 0.6 is 0 Å². The van der Waals surface area contributed by atoms with Gasteiger partial charge in [0.15, 0.2) is 0 Å². The highest BCUT2D eigenvalue weighted by atomic mass is 32.1. The van der Waals surface area contributed by atoms with E-state index in [0.717, 1.165) is 0 Å². The van der Waals surface area contributed by atoms with Gasteiger partial charge in [-0.15, -0.1) is 0 Å². The summed E-state index contributed by atoms with van der Waals surface area (Å²) in [5.41, 5.74) is 7.16. The van der Waals surface area contributed by atoms with Crippen molar-refractivity contribution in [1.82, 2.24) is 0 Å². The van der Waals surface area contributed by atoms with Crippen molar-refractivity contribution >= 4 is 50.4 Å². The van der Waals surface area contributed by atoms with Gasteiger partial charge in [0.2, 0.25) is 0 Å². The number of benzene rings is 1. The van der Waals surface area contributed by atoms with Gasteiger partial charge < -0.3 is 5.73 Å². The third-order valence-electron chi connectivity index (χ3n) is 1.37. The van der Waals surface area contributed by atoms with E-state index >= 15 is 0 Å². The smallest absolute Gasteiger partial charge is 0.116 e. The van der Waals surface area contributed by atoms with Crippen LogP contribution in [0.1, 0.15) is 0 Å². The molecule has 1 aromatic rings. The Morgan fingerprint density at radius 2 is 1.82 bits per heavy atom. The van der Waals surface area contributed by atoms with Crippen LogP contribution in [-0.4, -0.2) is 15.7 Å². The van der Waals surface area contributed by atoms with Crippen LogP contribution in [0, 0.1) is 0 Å². The second-order valence-electron chi connectivity index (χ2n) is 2.10. The maximum absolute atomic E-state index is 5.53. The molecule has 0 heterocycles. The first-order valence-corrected chi connectivity index (χ1v) is 3.30. The minimum absolute atomic E-state index is 0.347. The molecule has 0 aliphatic rings. The van der Waals surface area contributed by atoms with E-state index in [9.17, 15) is 0 Å². The number of nitrogens with two attached hydrogens (primary N) is 1. The van der Waals surface area contributed by atoms with E-state index in [1.807, 2.05) is 0 Å². The van der Waals surface area contributed by atoms with Crippen LogP contribution in [0.3, 0.4) is 0 Å². The van der Waals surface area contributed by atoms with Crippen molar-refractivity contribution in [3.63, 3.8) is 0 Å². The molecule has 50 valence electrons. The molecule has 0 spiro atoms. The summed E-state index contributed by atoms with van der Waals surface area (Å²) in [6, 6.07) is 3.24. The minimum atomic E-state index is 0.347. The van der Waals surface area contributed by atoms with Crippen LogP contribution in [0.15, 0.2) is 16.5 Å². The van der Waals surface area contributed by atoms with Gasteiger partial charge in [-0.25, -0.2) is 0 Å². The van der Waals surface area contributed by atoms with E-state index < -0.39 is 0 Å². The van der Waals surface area contributed by atoms with Crippen LogP contribution < -0.4 is 16.7 Å². The summed E-state index contributed by atoms with van der Waals surface area (Å²) in [6.07, 6.45) is 0. The van der Waals surface area contributed by atoms with Crippen molar-refractivity contribution in [1.29, 1.82) is 0 Å². The molecular weight excluding hydrogens is 154 g/mol. The molecule has 0 aliphatic heterocycles. The number of hydrogen-bond acceptors (Lipinski definition) is 3. The van der Waals surface area contributed by atoms with Gasteiger partial charge in [-0.1, -0.05) is 23.1 Å². The maximum atomic E-state index is 5.53. The lowest BCUT2D eigenvalue weighted by Gasteiger charge is -2.05. The van der Waals surface area contributed by atoms with Crippen LogP contribution in [-0.2, 0) is 12.4 Å². The topological polar surface area (TPSA) is 38.4 Å². The zero-order valence-corrected chi connectivity index (χ0v) is 6.56. The Labute approximate surface area is 73.2 Å². The first-order chi connectivity index (χ1) is 5.16. The molecule has 5 heteroatoms. The van der Waals surface area contributed by atoms with E-state index in [0.29, 0.717) is 22.3 Å². The summed E-state index contributed by atoms with van der Waals surface area (Å²) in [7, 11) is 11.0. The molecule has 0 saturated carbocycles. The molecule has 1 aromatic carbocycles. The number of anilines is 1. The fourth-order valence-electron chi connectivity index (χ4n) is 0.742. The molecule has 11 heavy (non-hydrogen) atoms. The average molecular weight is 158 g/mol. The number of nitrogens with zero attached hydrogens (tertiary/aromatic N) is 1. The number of hydrogen-bond donors (Lipinski definition) is 1. The number of rotatable bonds is 1. The Balaban J connectivity index is 3.40. The SMILES string of the molecule is [B]c1ccc([B])c(N=S)c1N. The van der Waals surface area contributed by atoms with Gasteiger partial charge in [0.05, 0.1) is 11.4 Å². The van der Waals surface area contributed by atoms with Crippen LogP contribution in [0.25, 0.3) is 0 Å². The summed E-state index contributed by atoms with van der Waals surface area (Å²) in [5.74, 6) is 0. The monoisotopic (exact) mass is 158 g/mol. The van der Waals surface area contributed by atoms with Gasteiger partial charge in [-0.3, -0.25) is 0 Å². The Kier molecular flexibility index (Phi) is 2.29. The van der Waals surface area contributed by atoms with E-state index in [4.69, 9.17) is 21.4 Å². The largest absolute Gasteiger partial charge is 0.397 e. The Morgan fingerprint density at radius 3 is 2.27 bits per heavy atom. The molecule has 0 fully saturated rings. The third kappa shape index (κ3) is 1.43. The van der Waals surface area contributed by atoms with Crippen LogP contribution in [0.2, 0.25) is 0 Å². The Morgan fingerprint density at radius 1 is 1.27 bits per heavy atom. The zero-order chi connectivity index (χ0) is 8.43. The van der Waals surface area contributed by atoms with Crippen molar-refractivity contribution in [2.75, 3.05) is 5.73 Å². The van der Waals surface area contributed by atoms with Crippen LogP contribution in [0.5, 0.6) is 0 Å². The van der Waals surface area contributed by atoms with E-state index in [2.05, 4.69) is 16.8 Å². The van der Waals surface area contributed by atoms with E-state index in [1.165, 1.54) is 0 Å². The molecule has 0 aromatic heterocycles. The lowest BCUT2D eigenvalue weighted by Crippen LogP contribution is -2.16. The normalized spacial score (nSPS) is 9.45. The summed E-state index contributed by atoms with van der Waals surface area (Å²) in [6.45, 7) is 0. The Bertz CT molecular complexity index is 301. The van der Waals surface area contributed by atoms with Crippen molar-refractivity contribution in [2.24, 2.45) is 4.36 Å². The molecule has 2 N–H and O–H groups in total. The Hall–Kier alpha value is -0.830. The van der Waals surface area contributed by atoms with Crippen molar-refractivity contribution < 1.29 is 0 Å². The molecule has 0 aliphatic carbocycles. The highest BCUT2D eigenvalue weighted by molar-refractivity contribution is 7.47. The second kappa shape index (κ2) is 3.05. The maximum Gasteiger partial charge on any atom is 0.116 e. The number of nitrogen functional groups attached to an aromatic ring is 1. The molecule has 0 amide bonds. The summed E-state index contributed by atoms with van der Waals surface area (Å²) in [5, 5.41) is 0. The summed E-state index contributed by atoms with van der Waals surface area (Å²) >= 11 is 4.46. The van der Waals surface area contributed by atoms with E-state index in [-0.39, 0.29) is 0 Å². The van der Waals surface area contributed by atoms with Gasteiger partial charge in [-0.2, -0.15) is 4.36 Å². The average Bonchev–Trinajstić information content (AvgIpc) is 1.99. The van der Waals surface area contributed by atoms with Crippen molar-refractivity contribution in [3.05, 3.63) is 12.1 Å². The van der Waals surface area contributed by atoms with Gasteiger partial charge in [0.1, 0.15) is 15.7 Å². The minimum Gasteiger partial charge on any atom is -0.397 e. The molecule has 0 unspecified atom stereocenters. The first-order valence-electron chi connectivity index (χ1n) is 2.93. The predicted molar refractivity (Wildman–Crippen MR) is 51.1 cm³/mol. The predicted octanol–water partition coefficient (Wildman–Crippen LogP) is -0.782. The fraction of sp³-hybridized carbons (Fsp3) is 0. The molecule has 1 rings (SSSR count). The summed E-state index contributed by atoms with van der Waals surface area (Å²) in [4.78, 5) is 0. The molecular formula is C6H4B2N2S. The fourth-order valence-corrected chi connectivity index (χ4v) is 0.946.